The lowest BCUT2D eigenvalue weighted by Crippen LogP contribution is -1.93. The van der Waals surface area contributed by atoms with Crippen LogP contribution < -0.4 is 0 Å². The molecule has 3 aromatic rings. The maximum Gasteiger partial charge on any atom is 0.330 e. The van der Waals surface area contributed by atoms with E-state index in [0.29, 0.717) is 5.82 Å². The van der Waals surface area contributed by atoms with Gasteiger partial charge in [-0.25, -0.2) is 9.89 Å². The number of H-pyrrole nitrogens is 1. The van der Waals surface area contributed by atoms with E-state index < -0.39 is 5.97 Å². The molecular weight excluding hydrogens is 312 g/mol. The second-order valence-corrected chi connectivity index (χ2v) is 5.93. The number of hydrogen-bond acceptors (Lipinski definition) is 6. The molecule has 0 saturated carbocycles. The van der Waals surface area contributed by atoms with Crippen molar-refractivity contribution in [2.24, 2.45) is 0 Å². The third kappa shape index (κ3) is 3.70. The van der Waals surface area contributed by atoms with Gasteiger partial charge in [-0.15, -0.1) is 16.4 Å². The molecule has 6 nitrogen and oxygen atoms in total. The molecule has 0 fully saturated rings. The van der Waals surface area contributed by atoms with Gasteiger partial charge in [0.25, 0.3) is 0 Å². The van der Waals surface area contributed by atoms with Crippen molar-refractivity contribution in [3.8, 4) is 11.4 Å². The Balaban J connectivity index is 1.93. The van der Waals surface area contributed by atoms with E-state index in [1.165, 1.54) is 18.7 Å². The lowest BCUT2D eigenvalue weighted by Gasteiger charge is -1.96. The van der Waals surface area contributed by atoms with Crippen molar-refractivity contribution in [1.29, 1.82) is 0 Å². The molecule has 0 aliphatic carbocycles. The first-order valence-corrected chi connectivity index (χ1v) is 7.74. The molecule has 0 radical (unpaired) electrons. The SMILES string of the molecule is COC(=O)C=Cc1sc(Cc2ccccc2)cc1-c1nnn[nH]1. The van der Waals surface area contributed by atoms with Crippen LogP contribution in [-0.2, 0) is 16.0 Å². The molecule has 0 spiro atoms. The molecule has 7 heteroatoms. The molecule has 0 bridgehead atoms. The summed E-state index contributed by atoms with van der Waals surface area (Å²) in [7, 11) is 1.35. The Labute approximate surface area is 136 Å². The Morgan fingerprint density at radius 2 is 2.17 bits per heavy atom. The van der Waals surface area contributed by atoms with Crippen molar-refractivity contribution in [3.63, 3.8) is 0 Å². The molecule has 2 heterocycles. The van der Waals surface area contributed by atoms with Gasteiger partial charge in [-0.3, -0.25) is 0 Å². The number of esters is 1. The summed E-state index contributed by atoms with van der Waals surface area (Å²) in [5.41, 5.74) is 2.09. The van der Waals surface area contributed by atoms with Crippen molar-refractivity contribution in [2.45, 2.75) is 6.42 Å². The average Bonchev–Trinajstić information content (AvgIpc) is 3.23. The number of tetrazole rings is 1. The van der Waals surface area contributed by atoms with E-state index >= 15 is 0 Å². The molecule has 2 aromatic heterocycles. The first-order valence-electron chi connectivity index (χ1n) is 6.93. The van der Waals surface area contributed by atoms with E-state index in [2.05, 4.69) is 37.5 Å². The van der Waals surface area contributed by atoms with Gasteiger partial charge in [-0.05, 0) is 28.1 Å². The summed E-state index contributed by atoms with van der Waals surface area (Å²) in [6.07, 6.45) is 3.93. The van der Waals surface area contributed by atoms with Gasteiger partial charge in [0.2, 0.25) is 0 Å². The summed E-state index contributed by atoms with van der Waals surface area (Å²) < 4.78 is 4.64. The number of nitrogens with one attached hydrogen (secondary N) is 1. The molecular formula is C16H14N4O2S. The summed E-state index contributed by atoms with van der Waals surface area (Å²) in [4.78, 5) is 13.4. The van der Waals surface area contributed by atoms with Crippen LogP contribution in [0.25, 0.3) is 17.5 Å². The number of carbonyl (C=O) groups excluding carboxylic acids is 1. The van der Waals surface area contributed by atoms with E-state index in [-0.39, 0.29) is 0 Å². The third-order valence-corrected chi connectivity index (χ3v) is 4.31. The zero-order chi connectivity index (χ0) is 16.1. The van der Waals surface area contributed by atoms with Crippen LogP contribution in [0.1, 0.15) is 15.3 Å². The van der Waals surface area contributed by atoms with Gasteiger partial charge in [0.05, 0.1) is 7.11 Å². The van der Waals surface area contributed by atoms with Crippen LogP contribution in [0.2, 0.25) is 0 Å². The number of nitrogens with zero attached hydrogens (tertiary/aromatic N) is 3. The third-order valence-electron chi connectivity index (χ3n) is 3.21. The van der Waals surface area contributed by atoms with Gasteiger partial charge in [-0.1, -0.05) is 30.3 Å². The van der Waals surface area contributed by atoms with Crippen LogP contribution in [0.15, 0.2) is 42.5 Å². The molecule has 0 aliphatic heterocycles. The van der Waals surface area contributed by atoms with Gasteiger partial charge >= 0.3 is 5.97 Å². The van der Waals surface area contributed by atoms with E-state index in [1.54, 1.807) is 17.4 Å². The van der Waals surface area contributed by atoms with Crippen molar-refractivity contribution >= 4 is 23.4 Å². The van der Waals surface area contributed by atoms with Gasteiger partial charge in [0.1, 0.15) is 0 Å². The van der Waals surface area contributed by atoms with Crippen LogP contribution in [0.4, 0.5) is 0 Å². The number of methoxy groups -OCH3 is 1. The summed E-state index contributed by atoms with van der Waals surface area (Å²) in [5.74, 6) is 0.176. The lowest BCUT2D eigenvalue weighted by molar-refractivity contribution is -0.134. The number of benzene rings is 1. The Morgan fingerprint density at radius 1 is 1.35 bits per heavy atom. The van der Waals surface area contributed by atoms with Crippen molar-refractivity contribution in [1.82, 2.24) is 20.6 Å². The Bertz CT molecular complexity index is 810. The molecule has 0 saturated heterocycles. The molecule has 0 atom stereocenters. The largest absolute Gasteiger partial charge is 0.466 e. The maximum atomic E-state index is 11.3. The fourth-order valence-corrected chi connectivity index (χ4v) is 3.24. The fraction of sp³-hybridized carbons (Fsp3) is 0.125. The number of carbonyl (C=O) groups is 1. The van der Waals surface area contributed by atoms with E-state index in [4.69, 9.17) is 0 Å². The molecule has 3 rings (SSSR count). The average molecular weight is 326 g/mol. The van der Waals surface area contributed by atoms with Crippen LogP contribution >= 0.6 is 11.3 Å². The van der Waals surface area contributed by atoms with Crippen LogP contribution in [0.5, 0.6) is 0 Å². The maximum absolute atomic E-state index is 11.3. The molecule has 1 N–H and O–H groups in total. The highest BCUT2D eigenvalue weighted by Gasteiger charge is 2.13. The predicted molar refractivity (Wildman–Crippen MR) is 87.8 cm³/mol. The molecule has 116 valence electrons. The number of thiophene rings is 1. The number of ether oxygens (including phenoxy) is 1. The molecule has 0 unspecified atom stereocenters. The van der Waals surface area contributed by atoms with Crippen molar-refractivity contribution in [2.75, 3.05) is 7.11 Å². The normalized spacial score (nSPS) is 11.0. The minimum Gasteiger partial charge on any atom is -0.466 e. The minimum absolute atomic E-state index is 0.398. The summed E-state index contributed by atoms with van der Waals surface area (Å²) in [5, 5.41) is 13.9. The summed E-state index contributed by atoms with van der Waals surface area (Å²) in [6.45, 7) is 0. The van der Waals surface area contributed by atoms with Crippen LogP contribution in [0.3, 0.4) is 0 Å². The van der Waals surface area contributed by atoms with Gasteiger partial charge in [0.15, 0.2) is 5.82 Å². The quantitative estimate of drug-likeness (QED) is 0.576. The zero-order valence-corrected chi connectivity index (χ0v) is 13.2. The fourth-order valence-electron chi connectivity index (χ4n) is 2.14. The highest BCUT2D eigenvalue weighted by molar-refractivity contribution is 7.13. The van der Waals surface area contributed by atoms with Crippen LogP contribution in [0, 0.1) is 0 Å². The Kier molecular flexibility index (Phi) is 4.58. The molecule has 1 aromatic carbocycles. The standard InChI is InChI=1S/C16H14N4O2S/c1-22-15(21)8-7-14-13(16-17-19-20-18-16)10-12(23-14)9-11-5-3-2-4-6-11/h2-8,10H,9H2,1H3,(H,17,18,19,20). The van der Waals surface area contributed by atoms with E-state index in [0.717, 1.165) is 21.7 Å². The smallest absolute Gasteiger partial charge is 0.330 e. The second-order valence-electron chi connectivity index (χ2n) is 4.76. The highest BCUT2D eigenvalue weighted by Crippen LogP contribution is 2.31. The Morgan fingerprint density at radius 3 is 2.87 bits per heavy atom. The van der Waals surface area contributed by atoms with Crippen LogP contribution in [-0.4, -0.2) is 33.7 Å². The number of hydrogen-bond donors (Lipinski definition) is 1. The van der Waals surface area contributed by atoms with Gasteiger partial charge < -0.3 is 4.74 Å². The molecule has 0 aliphatic rings. The number of aromatic amines is 1. The van der Waals surface area contributed by atoms with Gasteiger partial charge in [-0.2, -0.15) is 0 Å². The van der Waals surface area contributed by atoms with Crippen molar-refractivity contribution in [3.05, 3.63) is 57.8 Å². The topological polar surface area (TPSA) is 80.8 Å². The van der Waals surface area contributed by atoms with Crippen molar-refractivity contribution < 1.29 is 9.53 Å². The first-order chi connectivity index (χ1) is 11.3. The molecule has 0 amide bonds. The number of rotatable bonds is 5. The second kappa shape index (κ2) is 6.97. The number of aromatic nitrogens is 4. The monoisotopic (exact) mass is 326 g/mol. The Hall–Kier alpha value is -2.80. The summed E-state index contributed by atoms with van der Waals surface area (Å²) >= 11 is 1.59. The highest BCUT2D eigenvalue weighted by atomic mass is 32.1. The minimum atomic E-state index is -0.398. The van der Waals surface area contributed by atoms with E-state index in [1.807, 2.05) is 24.3 Å². The van der Waals surface area contributed by atoms with Gasteiger partial charge in [0, 0.05) is 27.8 Å². The predicted octanol–water partition coefficient (Wildman–Crippen LogP) is 2.71. The molecule has 23 heavy (non-hydrogen) atoms. The zero-order valence-electron chi connectivity index (χ0n) is 12.4. The summed E-state index contributed by atoms with van der Waals surface area (Å²) in [6, 6.07) is 12.2. The first kappa shape index (κ1) is 15.1. The van der Waals surface area contributed by atoms with E-state index in [9.17, 15) is 4.79 Å². The lowest BCUT2D eigenvalue weighted by atomic mass is 10.1.